The van der Waals surface area contributed by atoms with Gasteiger partial charge in [-0.2, -0.15) is 8.42 Å². The van der Waals surface area contributed by atoms with Crippen LogP contribution in [0, 0.1) is 34.5 Å². The minimum absolute atomic E-state index is 0.103. The zero-order valence-electron chi connectivity index (χ0n) is 15.9. The Kier molecular flexibility index (Phi) is 4.56. The Bertz CT molecular complexity index is 688. The lowest BCUT2D eigenvalue weighted by Crippen LogP contribution is -2.56. The summed E-state index contributed by atoms with van der Waals surface area (Å²) in [5.41, 5.74) is 0.109. The Labute approximate surface area is 157 Å². The van der Waals surface area contributed by atoms with Crippen LogP contribution in [-0.4, -0.2) is 24.9 Å². The van der Waals surface area contributed by atoms with Crippen LogP contribution < -0.4 is 0 Å². The van der Waals surface area contributed by atoms with Gasteiger partial charge in [0.2, 0.25) is 0 Å². The second kappa shape index (κ2) is 6.28. The molecule has 4 aliphatic carbocycles. The summed E-state index contributed by atoms with van der Waals surface area (Å²) < 4.78 is 36.1. The van der Waals surface area contributed by atoms with Gasteiger partial charge in [0.1, 0.15) is 5.78 Å². The van der Waals surface area contributed by atoms with E-state index >= 15 is 0 Å². The molecule has 1 N–H and O–H groups in total. The van der Waals surface area contributed by atoms with Gasteiger partial charge in [-0.3, -0.25) is 9.35 Å². The van der Waals surface area contributed by atoms with E-state index in [1.54, 1.807) is 0 Å². The van der Waals surface area contributed by atoms with Crippen molar-refractivity contribution in [1.29, 1.82) is 0 Å². The Morgan fingerprint density at radius 2 is 1.81 bits per heavy atom. The Hall–Kier alpha value is -0.460. The van der Waals surface area contributed by atoms with E-state index in [1.165, 1.54) is 6.42 Å². The van der Waals surface area contributed by atoms with Gasteiger partial charge >= 0.3 is 10.4 Å². The number of ketones is 1. The third-order valence-corrected chi connectivity index (χ3v) is 9.34. The molecule has 0 saturated heterocycles. The van der Waals surface area contributed by atoms with Crippen LogP contribution >= 0.6 is 0 Å². The van der Waals surface area contributed by atoms with Crippen LogP contribution in [0.25, 0.3) is 0 Å². The molecular weight excluding hydrogens is 352 g/mol. The summed E-state index contributed by atoms with van der Waals surface area (Å²) in [6.45, 7) is 4.62. The maximum atomic E-state index is 12.7. The first kappa shape index (κ1) is 18.9. The van der Waals surface area contributed by atoms with Crippen LogP contribution in [0.2, 0.25) is 0 Å². The lowest BCUT2D eigenvalue weighted by Gasteiger charge is -2.62. The summed E-state index contributed by atoms with van der Waals surface area (Å²) in [5.74, 6) is 2.75. The second-order valence-corrected chi connectivity index (χ2v) is 10.9. The third kappa shape index (κ3) is 2.96. The topological polar surface area (TPSA) is 80.7 Å². The molecule has 0 aromatic heterocycles. The molecule has 148 valence electrons. The number of fused-ring (bicyclic) bond motifs is 5. The molecule has 0 aromatic carbocycles. The summed E-state index contributed by atoms with van der Waals surface area (Å²) in [7, 11) is -4.37. The van der Waals surface area contributed by atoms with Crippen molar-refractivity contribution in [3.63, 3.8) is 0 Å². The van der Waals surface area contributed by atoms with E-state index in [0.717, 1.165) is 51.4 Å². The van der Waals surface area contributed by atoms with Crippen molar-refractivity contribution in [3.8, 4) is 0 Å². The SMILES string of the molecule is C[C@]12CC[C@@H](OS(=O)(=O)O)C[C@H]1CC[C@H]1C3CCCC(=O)[C@@]3(C)CC[C@@H]12. The molecule has 4 rings (SSSR count). The first-order valence-electron chi connectivity index (χ1n) is 10.3. The molecule has 4 aliphatic rings. The van der Waals surface area contributed by atoms with Crippen LogP contribution in [0.5, 0.6) is 0 Å². The zero-order chi connectivity index (χ0) is 18.7. The van der Waals surface area contributed by atoms with Gasteiger partial charge in [-0.15, -0.1) is 0 Å². The smallest absolute Gasteiger partial charge is 0.299 e. The van der Waals surface area contributed by atoms with Crippen LogP contribution in [0.3, 0.4) is 0 Å². The van der Waals surface area contributed by atoms with Gasteiger partial charge in [-0.1, -0.05) is 13.8 Å². The highest BCUT2D eigenvalue weighted by molar-refractivity contribution is 7.80. The standard InChI is InChI=1S/C20H32O5S/c1-19-10-8-14(25-26(22,23)24)12-13(19)6-7-15-16-4-3-5-18(21)20(16,2)11-9-17(15)19/h13-17H,3-12H2,1-2H3,(H,22,23,24)/t13-,14-,15+,16?,17+,19+,20+/m1/s1. The van der Waals surface area contributed by atoms with Crippen LogP contribution in [0.15, 0.2) is 0 Å². The number of Topliss-reactive ketones (excluding diaryl/α,β-unsaturated/α-hetero) is 1. The number of hydrogen-bond donors (Lipinski definition) is 1. The van der Waals surface area contributed by atoms with Crippen molar-refractivity contribution in [2.24, 2.45) is 34.5 Å². The van der Waals surface area contributed by atoms with E-state index < -0.39 is 10.4 Å². The maximum Gasteiger partial charge on any atom is 0.397 e. The highest BCUT2D eigenvalue weighted by Gasteiger charge is 2.59. The molecule has 1 unspecified atom stereocenters. The predicted molar refractivity (Wildman–Crippen MR) is 97.8 cm³/mol. The molecule has 6 heteroatoms. The van der Waals surface area contributed by atoms with Crippen LogP contribution in [0.4, 0.5) is 0 Å². The number of carbonyl (C=O) groups is 1. The third-order valence-electron chi connectivity index (χ3n) is 8.82. The fourth-order valence-corrected chi connectivity index (χ4v) is 7.96. The van der Waals surface area contributed by atoms with Gasteiger partial charge in [0.05, 0.1) is 6.10 Å². The Balaban J connectivity index is 1.54. The van der Waals surface area contributed by atoms with Crippen molar-refractivity contribution >= 4 is 16.2 Å². The van der Waals surface area contributed by atoms with Gasteiger partial charge in [0.15, 0.2) is 0 Å². The van der Waals surface area contributed by atoms with Crippen LogP contribution in [0.1, 0.15) is 78.1 Å². The predicted octanol–water partition coefficient (Wildman–Crippen LogP) is 4.18. The fourth-order valence-electron chi connectivity index (χ4n) is 7.45. The maximum absolute atomic E-state index is 12.7. The Morgan fingerprint density at radius 3 is 2.54 bits per heavy atom. The zero-order valence-corrected chi connectivity index (χ0v) is 16.8. The minimum Gasteiger partial charge on any atom is -0.299 e. The second-order valence-electron chi connectivity index (χ2n) is 9.85. The summed E-state index contributed by atoms with van der Waals surface area (Å²) in [6.07, 6.45) is 9.37. The number of carbonyl (C=O) groups excluding carboxylic acids is 1. The molecule has 0 heterocycles. The molecule has 4 fully saturated rings. The lowest BCUT2D eigenvalue weighted by atomic mass is 9.43. The molecule has 0 amide bonds. The van der Waals surface area contributed by atoms with Crippen molar-refractivity contribution in [2.45, 2.75) is 84.2 Å². The fraction of sp³-hybridized carbons (Fsp3) is 0.950. The van der Waals surface area contributed by atoms with Crippen molar-refractivity contribution < 1.29 is 21.9 Å². The summed E-state index contributed by atoms with van der Waals surface area (Å²) in [5, 5.41) is 0. The van der Waals surface area contributed by atoms with E-state index in [0.29, 0.717) is 35.9 Å². The first-order chi connectivity index (χ1) is 12.1. The van der Waals surface area contributed by atoms with Crippen LogP contribution in [-0.2, 0) is 19.4 Å². The largest absolute Gasteiger partial charge is 0.397 e. The molecule has 0 spiro atoms. The Morgan fingerprint density at radius 1 is 1.04 bits per heavy atom. The molecule has 0 bridgehead atoms. The van der Waals surface area contributed by atoms with E-state index in [4.69, 9.17) is 8.74 Å². The van der Waals surface area contributed by atoms with E-state index in [-0.39, 0.29) is 16.9 Å². The molecule has 26 heavy (non-hydrogen) atoms. The molecule has 4 saturated carbocycles. The van der Waals surface area contributed by atoms with Gasteiger partial charge < -0.3 is 0 Å². The monoisotopic (exact) mass is 384 g/mol. The highest BCUT2D eigenvalue weighted by Crippen LogP contribution is 2.64. The normalized spacial score (nSPS) is 49.0. The molecule has 7 atom stereocenters. The lowest BCUT2D eigenvalue weighted by molar-refractivity contribution is -0.157. The molecule has 0 aromatic rings. The van der Waals surface area contributed by atoms with E-state index in [2.05, 4.69) is 13.8 Å². The highest BCUT2D eigenvalue weighted by atomic mass is 32.3. The van der Waals surface area contributed by atoms with Crippen molar-refractivity contribution in [2.75, 3.05) is 0 Å². The summed E-state index contributed by atoms with van der Waals surface area (Å²) in [6, 6.07) is 0. The average Bonchev–Trinajstić information content (AvgIpc) is 2.55. The summed E-state index contributed by atoms with van der Waals surface area (Å²) in [4.78, 5) is 12.7. The van der Waals surface area contributed by atoms with E-state index in [1.807, 2.05) is 0 Å². The van der Waals surface area contributed by atoms with Gasteiger partial charge in [-0.05, 0) is 86.9 Å². The number of rotatable bonds is 2. The minimum atomic E-state index is -4.37. The first-order valence-corrected chi connectivity index (χ1v) is 11.7. The van der Waals surface area contributed by atoms with E-state index in [9.17, 15) is 13.2 Å². The molecular formula is C20H32O5S. The van der Waals surface area contributed by atoms with Gasteiger partial charge in [-0.25, -0.2) is 4.18 Å². The van der Waals surface area contributed by atoms with Gasteiger partial charge in [0, 0.05) is 11.8 Å². The molecule has 5 nitrogen and oxygen atoms in total. The quantitative estimate of drug-likeness (QED) is 0.723. The number of hydrogen-bond acceptors (Lipinski definition) is 4. The molecule has 0 radical (unpaired) electrons. The van der Waals surface area contributed by atoms with Crippen molar-refractivity contribution in [1.82, 2.24) is 0 Å². The molecule has 0 aliphatic heterocycles. The van der Waals surface area contributed by atoms with Crippen molar-refractivity contribution in [3.05, 3.63) is 0 Å². The average molecular weight is 385 g/mol. The summed E-state index contributed by atoms with van der Waals surface area (Å²) >= 11 is 0. The van der Waals surface area contributed by atoms with Gasteiger partial charge in [0.25, 0.3) is 0 Å².